The van der Waals surface area contributed by atoms with Crippen LogP contribution in [0.25, 0.3) is 0 Å². The quantitative estimate of drug-likeness (QED) is 0.894. The highest BCUT2D eigenvalue weighted by Crippen LogP contribution is 2.11. The molecule has 0 spiro atoms. The van der Waals surface area contributed by atoms with Crippen LogP contribution in [0, 0.1) is 0 Å². The second kappa shape index (κ2) is 6.69. The van der Waals surface area contributed by atoms with Gasteiger partial charge < -0.3 is 10.1 Å². The largest absolute Gasteiger partial charge is 0.497 e. The van der Waals surface area contributed by atoms with E-state index in [1.54, 1.807) is 20.1 Å². The summed E-state index contributed by atoms with van der Waals surface area (Å²) in [4.78, 5) is 23.7. The lowest BCUT2D eigenvalue weighted by Crippen LogP contribution is -2.36. The number of nitrogens with one attached hydrogen (secondary N) is 1. The van der Waals surface area contributed by atoms with Crippen LogP contribution >= 0.6 is 0 Å². The molecule has 0 aliphatic carbocycles. The Balaban J connectivity index is 1.98. The van der Waals surface area contributed by atoms with Crippen molar-refractivity contribution in [1.29, 1.82) is 0 Å². The lowest BCUT2D eigenvalue weighted by Gasteiger charge is -2.13. The third-order valence-electron chi connectivity index (χ3n) is 3.11. The first-order valence-corrected chi connectivity index (χ1v) is 6.56. The number of carbonyl (C=O) groups excluding carboxylic acids is 1. The highest BCUT2D eigenvalue weighted by Gasteiger charge is 2.16. The van der Waals surface area contributed by atoms with Gasteiger partial charge >= 0.3 is 0 Å². The predicted octanol–water partition coefficient (Wildman–Crippen LogP) is 1.13. The van der Waals surface area contributed by atoms with Crippen LogP contribution in [-0.4, -0.2) is 22.8 Å². The van der Waals surface area contributed by atoms with E-state index < -0.39 is 6.04 Å². The van der Waals surface area contributed by atoms with Gasteiger partial charge in [0, 0.05) is 18.8 Å². The van der Waals surface area contributed by atoms with Crippen molar-refractivity contribution in [3.63, 3.8) is 0 Å². The smallest absolute Gasteiger partial charge is 0.267 e. The summed E-state index contributed by atoms with van der Waals surface area (Å²) >= 11 is 0. The van der Waals surface area contributed by atoms with Gasteiger partial charge in [-0.25, -0.2) is 4.68 Å². The van der Waals surface area contributed by atoms with Crippen LogP contribution in [0.2, 0.25) is 0 Å². The van der Waals surface area contributed by atoms with E-state index in [2.05, 4.69) is 10.4 Å². The van der Waals surface area contributed by atoms with Gasteiger partial charge in [0.1, 0.15) is 11.8 Å². The number of aromatic nitrogens is 2. The van der Waals surface area contributed by atoms with E-state index in [0.717, 1.165) is 16.0 Å². The van der Waals surface area contributed by atoms with Crippen LogP contribution in [0.5, 0.6) is 5.75 Å². The molecule has 1 aromatic carbocycles. The van der Waals surface area contributed by atoms with E-state index >= 15 is 0 Å². The van der Waals surface area contributed by atoms with Gasteiger partial charge in [-0.1, -0.05) is 12.1 Å². The third-order valence-corrected chi connectivity index (χ3v) is 3.11. The van der Waals surface area contributed by atoms with Crippen molar-refractivity contribution in [2.45, 2.75) is 19.5 Å². The summed E-state index contributed by atoms with van der Waals surface area (Å²) in [5.41, 5.74) is 0.648. The van der Waals surface area contributed by atoms with Crippen LogP contribution in [0.4, 0.5) is 0 Å². The number of amides is 1. The summed E-state index contributed by atoms with van der Waals surface area (Å²) < 4.78 is 6.23. The number of methoxy groups -OCH3 is 1. The predicted molar refractivity (Wildman–Crippen MR) is 78.0 cm³/mol. The Hall–Kier alpha value is -2.63. The van der Waals surface area contributed by atoms with Gasteiger partial charge in [-0.2, -0.15) is 5.10 Å². The molecule has 1 amide bonds. The summed E-state index contributed by atoms with van der Waals surface area (Å²) in [6, 6.07) is 9.66. The first kappa shape index (κ1) is 14.8. The molecule has 2 rings (SSSR count). The van der Waals surface area contributed by atoms with Gasteiger partial charge in [0.15, 0.2) is 0 Å². The second-order valence-corrected chi connectivity index (χ2v) is 4.55. The Morgan fingerprint density at radius 1 is 1.33 bits per heavy atom. The van der Waals surface area contributed by atoms with E-state index in [0.29, 0.717) is 6.54 Å². The molecule has 0 fully saturated rings. The van der Waals surface area contributed by atoms with Gasteiger partial charge in [-0.3, -0.25) is 9.59 Å². The average molecular weight is 287 g/mol. The molecule has 1 N–H and O–H groups in total. The molecule has 6 nitrogen and oxygen atoms in total. The maximum absolute atomic E-state index is 12.1. The fourth-order valence-electron chi connectivity index (χ4n) is 1.85. The van der Waals surface area contributed by atoms with E-state index in [1.165, 1.54) is 12.3 Å². The fraction of sp³-hybridized carbons (Fsp3) is 0.267. The molecule has 1 unspecified atom stereocenters. The zero-order chi connectivity index (χ0) is 15.2. The van der Waals surface area contributed by atoms with Gasteiger partial charge in [-0.05, 0) is 30.7 Å². The molecule has 1 atom stereocenters. The highest BCUT2D eigenvalue weighted by molar-refractivity contribution is 5.79. The average Bonchev–Trinajstić information content (AvgIpc) is 2.53. The van der Waals surface area contributed by atoms with E-state index in [-0.39, 0.29) is 11.5 Å². The van der Waals surface area contributed by atoms with Crippen molar-refractivity contribution in [3.8, 4) is 5.75 Å². The Morgan fingerprint density at radius 3 is 2.67 bits per heavy atom. The molecular formula is C15H17N3O3. The Kier molecular flexibility index (Phi) is 4.71. The van der Waals surface area contributed by atoms with Crippen molar-refractivity contribution in [3.05, 3.63) is 58.5 Å². The minimum Gasteiger partial charge on any atom is -0.497 e. The molecule has 1 aromatic heterocycles. The SMILES string of the molecule is COc1ccc(CNC(=O)C(C)n2ncccc2=O)cc1. The number of rotatable bonds is 5. The molecule has 0 aliphatic heterocycles. The minimum atomic E-state index is -0.656. The van der Waals surface area contributed by atoms with Crippen LogP contribution in [0.15, 0.2) is 47.4 Å². The van der Waals surface area contributed by atoms with E-state index in [4.69, 9.17) is 4.74 Å². The van der Waals surface area contributed by atoms with Gasteiger partial charge in [0.05, 0.1) is 7.11 Å². The number of carbonyl (C=O) groups is 1. The number of hydrogen-bond donors (Lipinski definition) is 1. The molecule has 0 aliphatic rings. The van der Waals surface area contributed by atoms with Crippen molar-refractivity contribution in [2.75, 3.05) is 7.11 Å². The van der Waals surface area contributed by atoms with Gasteiger partial charge in [0.25, 0.3) is 5.56 Å². The molecule has 0 saturated heterocycles. The Labute approximate surface area is 122 Å². The lowest BCUT2D eigenvalue weighted by molar-refractivity contribution is -0.124. The van der Waals surface area contributed by atoms with Crippen LogP contribution in [0.3, 0.4) is 0 Å². The second-order valence-electron chi connectivity index (χ2n) is 4.55. The highest BCUT2D eigenvalue weighted by atomic mass is 16.5. The maximum atomic E-state index is 12.1. The van der Waals surface area contributed by atoms with E-state index in [9.17, 15) is 9.59 Å². The molecule has 0 bridgehead atoms. The van der Waals surface area contributed by atoms with Crippen molar-refractivity contribution >= 4 is 5.91 Å². The Bertz CT molecular complexity index is 664. The number of hydrogen-bond acceptors (Lipinski definition) is 4. The first-order valence-electron chi connectivity index (χ1n) is 6.56. The molecule has 0 radical (unpaired) electrons. The Morgan fingerprint density at radius 2 is 2.05 bits per heavy atom. The molecule has 2 aromatic rings. The van der Waals surface area contributed by atoms with Crippen LogP contribution in [-0.2, 0) is 11.3 Å². The molecule has 1 heterocycles. The fourth-order valence-corrected chi connectivity index (χ4v) is 1.85. The first-order chi connectivity index (χ1) is 10.1. The van der Waals surface area contributed by atoms with Crippen molar-refractivity contribution in [1.82, 2.24) is 15.1 Å². The number of benzene rings is 1. The standard InChI is InChI=1S/C15H17N3O3/c1-11(18-14(19)4-3-9-17-18)15(20)16-10-12-5-7-13(21-2)8-6-12/h3-9,11H,10H2,1-2H3,(H,16,20). The summed E-state index contributed by atoms with van der Waals surface area (Å²) in [5, 5.41) is 6.69. The lowest BCUT2D eigenvalue weighted by atomic mass is 10.2. The van der Waals surface area contributed by atoms with Crippen LogP contribution in [0.1, 0.15) is 18.5 Å². The monoisotopic (exact) mass is 287 g/mol. The summed E-state index contributed by atoms with van der Waals surface area (Å²) in [7, 11) is 1.60. The molecular weight excluding hydrogens is 270 g/mol. The maximum Gasteiger partial charge on any atom is 0.267 e. The third kappa shape index (κ3) is 3.68. The molecule has 21 heavy (non-hydrogen) atoms. The normalized spacial score (nSPS) is 11.7. The molecule has 0 saturated carbocycles. The summed E-state index contributed by atoms with van der Waals surface area (Å²) in [6.45, 7) is 2.02. The number of ether oxygens (including phenoxy) is 1. The minimum absolute atomic E-state index is 0.258. The summed E-state index contributed by atoms with van der Waals surface area (Å²) in [5.74, 6) is 0.505. The van der Waals surface area contributed by atoms with Gasteiger partial charge in [0.2, 0.25) is 5.91 Å². The zero-order valence-corrected chi connectivity index (χ0v) is 11.9. The van der Waals surface area contributed by atoms with Crippen molar-refractivity contribution in [2.24, 2.45) is 0 Å². The summed E-state index contributed by atoms with van der Waals surface area (Å²) in [6.07, 6.45) is 1.48. The van der Waals surface area contributed by atoms with Crippen LogP contribution < -0.4 is 15.6 Å². The zero-order valence-electron chi connectivity index (χ0n) is 11.9. The van der Waals surface area contributed by atoms with E-state index in [1.807, 2.05) is 24.3 Å². The van der Waals surface area contributed by atoms with Crippen molar-refractivity contribution < 1.29 is 9.53 Å². The molecule has 6 heteroatoms. The molecule has 110 valence electrons. The topological polar surface area (TPSA) is 73.2 Å². The van der Waals surface area contributed by atoms with Gasteiger partial charge in [-0.15, -0.1) is 0 Å². The number of nitrogens with zero attached hydrogens (tertiary/aromatic N) is 2.